The Balaban J connectivity index is 3.40. The van der Waals surface area contributed by atoms with E-state index in [0.717, 1.165) is 3.58 Å². The number of ether oxygens (including phenoxy) is 1. The maximum absolute atomic E-state index is 11.7. The van der Waals surface area contributed by atoms with Crippen LogP contribution in [0.15, 0.2) is 18.2 Å². The zero-order valence-electron chi connectivity index (χ0n) is 15.8. The van der Waals surface area contributed by atoms with E-state index in [-0.39, 0.29) is 4.92 Å². The van der Waals surface area contributed by atoms with Crippen LogP contribution >= 0.6 is 0 Å². The number of methoxy groups -OCH3 is 1. The van der Waals surface area contributed by atoms with Gasteiger partial charge in [0.2, 0.25) is 0 Å². The van der Waals surface area contributed by atoms with Crippen LogP contribution in [0, 0.1) is 10.1 Å². The van der Waals surface area contributed by atoms with Crippen molar-refractivity contribution in [1.82, 2.24) is 0 Å². The van der Waals surface area contributed by atoms with Gasteiger partial charge in [0.25, 0.3) is 0 Å². The summed E-state index contributed by atoms with van der Waals surface area (Å²) in [5, 5.41) is 11.7. The molecule has 0 aromatic heterocycles. The first-order valence-electron chi connectivity index (χ1n) is 9.37. The molecule has 5 heteroatoms. The molecule has 4 nitrogen and oxygen atoms in total. The molecule has 0 atom stereocenters. The van der Waals surface area contributed by atoms with Crippen LogP contribution < -0.4 is 8.32 Å². The average Bonchev–Trinajstić information content (AvgIpc) is 2.61. The van der Waals surface area contributed by atoms with Gasteiger partial charge in [0.1, 0.15) is 0 Å². The van der Waals surface area contributed by atoms with Crippen LogP contribution in [-0.4, -0.2) is 30.4 Å². The monoisotopic (exact) mass is 443 g/mol. The SMILES string of the molecule is CCC[CH2][Sn]([CH2]CCC)([CH2]CCC)[c]1ccc(OC)cc1[N+](=O)[O-]. The van der Waals surface area contributed by atoms with Crippen molar-refractivity contribution >= 4 is 27.6 Å². The fraction of sp³-hybridized carbons (Fsp3) is 0.684. The number of nitro groups is 1. The number of nitrogens with zero attached hydrogens (tertiary/aromatic N) is 1. The molecule has 0 bridgehead atoms. The van der Waals surface area contributed by atoms with Crippen LogP contribution in [0.1, 0.15) is 59.3 Å². The Hall–Kier alpha value is -0.781. The molecule has 0 aliphatic heterocycles. The van der Waals surface area contributed by atoms with Gasteiger partial charge in [-0.15, -0.1) is 0 Å². The van der Waals surface area contributed by atoms with Crippen LogP contribution in [0.25, 0.3) is 0 Å². The van der Waals surface area contributed by atoms with Gasteiger partial charge in [0.15, 0.2) is 0 Å². The number of hydrogen-bond donors (Lipinski definition) is 0. The summed E-state index contributed by atoms with van der Waals surface area (Å²) in [6, 6.07) is 5.61. The van der Waals surface area contributed by atoms with Crippen molar-refractivity contribution in [2.24, 2.45) is 0 Å². The molecule has 1 rings (SSSR count). The molecule has 0 spiro atoms. The van der Waals surface area contributed by atoms with Gasteiger partial charge in [-0.25, -0.2) is 0 Å². The zero-order valence-corrected chi connectivity index (χ0v) is 18.6. The van der Waals surface area contributed by atoms with Crippen molar-refractivity contribution in [2.45, 2.75) is 72.6 Å². The molecule has 0 aliphatic carbocycles. The summed E-state index contributed by atoms with van der Waals surface area (Å²) in [5.74, 6) is 0.590. The van der Waals surface area contributed by atoms with Gasteiger partial charge in [-0.05, 0) is 0 Å². The van der Waals surface area contributed by atoms with Gasteiger partial charge < -0.3 is 0 Å². The molecule has 0 N–H and O–H groups in total. The Kier molecular flexibility index (Phi) is 9.70. The molecular formula is C19H33NO3Sn. The summed E-state index contributed by atoms with van der Waals surface area (Å²) >= 11 is -2.79. The van der Waals surface area contributed by atoms with Gasteiger partial charge in [-0.1, -0.05) is 0 Å². The molecular weight excluding hydrogens is 409 g/mol. The second-order valence-electron chi connectivity index (χ2n) is 6.73. The van der Waals surface area contributed by atoms with Crippen molar-refractivity contribution in [3.05, 3.63) is 28.3 Å². The van der Waals surface area contributed by atoms with E-state index in [4.69, 9.17) is 4.74 Å². The average molecular weight is 442 g/mol. The third-order valence-corrected chi connectivity index (χ3v) is 20.7. The van der Waals surface area contributed by atoms with E-state index in [1.165, 1.54) is 51.8 Å². The molecule has 1 aromatic rings. The van der Waals surface area contributed by atoms with Crippen LogP contribution in [0.5, 0.6) is 5.75 Å². The van der Waals surface area contributed by atoms with E-state index in [1.54, 1.807) is 13.2 Å². The quantitative estimate of drug-likeness (QED) is 0.239. The number of benzene rings is 1. The standard InChI is InChI=1S/C7H6NO3.3C4H9.Sn/c1-11-7-4-2-3-6(5-7)8(9)10;3*1-3-4-2;/h2,4-5H,1H3;3*1,3-4H2,2H3;. The van der Waals surface area contributed by atoms with E-state index in [9.17, 15) is 10.1 Å². The van der Waals surface area contributed by atoms with E-state index in [1.807, 2.05) is 12.1 Å². The minimum atomic E-state index is -2.79. The predicted octanol–water partition coefficient (Wildman–Crippen LogP) is 5.66. The summed E-state index contributed by atoms with van der Waals surface area (Å²) in [7, 11) is 1.57. The molecule has 0 radical (unpaired) electrons. The Bertz CT molecular complexity index is 498. The first kappa shape index (κ1) is 21.3. The first-order chi connectivity index (χ1) is 11.5. The van der Waals surface area contributed by atoms with E-state index < -0.39 is 18.4 Å². The van der Waals surface area contributed by atoms with Crippen LogP contribution in [0.3, 0.4) is 0 Å². The number of rotatable bonds is 12. The minimum absolute atomic E-state index is 0.187. The fourth-order valence-electron chi connectivity index (χ4n) is 3.56. The second-order valence-corrected chi connectivity index (χ2v) is 19.9. The van der Waals surface area contributed by atoms with E-state index >= 15 is 0 Å². The van der Waals surface area contributed by atoms with Crippen LogP contribution in [-0.2, 0) is 0 Å². The molecule has 0 saturated carbocycles. The predicted molar refractivity (Wildman–Crippen MR) is 104 cm³/mol. The summed E-state index contributed by atoms with van der Waals surface area (Å²) in [6.07, 6.45) is 7.11. The second kappa shape index (κ2) is 11.0. The molecule has 136 valence electrons. The third-order valence-electron chi connectivity index (χ3n) is 5.00. The number of hydrogen-bond acceptors (Lipinski definition) is 3. The van der Waals surface area contributed by atoms with Crippen molar-refractivity contribution in [2.75, 3.05) is 7.11 Å². The van der Waals surface area contributed by atoms with Gasteiger partial charge in [0, 0.05) is 0 Å². The van der Waals surface area contributed by atoms with Crippen molar-refractivity contribution in [3.63, 3.8) is 0 Å². The Morgan fingerprint density at radius 2 is 1.50 bits per heavy atom. The van der Waals surface area contributed by atoms with Gasteiger partial charge in [-0.3, -0.25) is 0 Å². The number of nitro benzene ring substituents is 1. The molecule has 24 heavy (non-hydrogen) atoms. The Labute approximate surface area is 151 Å². The summed E-state index contributed by atoms with van der Waals surface area (Å²) in [5.41, 5.74) is 0.313. The fourth-order valence-corrected chi connectivity index (χ4v) is 20.1. The molecule has 0 heterocycles. The molecule has 0 saturated heterocycles. The number of unbranched alkanes of at least 4 members (excludes halogenated alkanes) is 3. The first-order valence-corrected chi connectivity index (χ1v) is 16.9. The molecule has 0 aliphatic rings. The van der Waals surface area contributed by atoms with Crippen LogP contribution in [0.2, 0.25) is 13.3 Å². The molecule has 1 aromatic carbocycles. The molecule has 0 fully saturated rings. The topological polar surface area (TPSA) is 52.4 Å². The zero-order chi connectivity index (χ0) is 18.0. The van der Waals surface area contributed by atoms with Crippen molar-refractivity contribution < 1.29 is 9.66 Å². The van der Waals surface area contributed by atoms with Gasteiger partial charge in [0.05, 0.1) is 0 Å². The summed E-state index contributed by atoms with van der Waals surface area (Å²) in [4.78, 5) is 11.6. The maximum atomic E-state index is 11.7. The van der Waals surface area contributed by atoms with Crippen molar-refractivity contribution in [3.8, 4) is 5.75 Å². The molecule has 0 unspecified atom stereocenters. The Morgan fingerprint density at radius 3 is 1.88 bits per heavy atom. The molecule has 0 amide bonds. The van der Waals surface area contributed by atoms with Crippen molar-refractivity contribution in [1.29, 1.82) is 0 Å². The summed E-state index contributed by atoms with van der Waals surface area (Å²) < 4.78 is 10.1. The van der Waals surface area contributed by atoms with Gasteiger partial charge in [-0.2, -0.15) is 0 Å². The summed E-state index contributed by atoms with van der Waals surface area (Å²) in [6.45, 7) is 6.66. The van der Waals surface area contributed by atoms with E-state index in [2.05, 4.69) is 20.8 Å². The van der Waals surface area contributed by atoms with E-state index in [0.29, 0.717) is 11.4 Å². The third kappa shape index (κ3) is 5.64. The van der Waals surface area contributed by atoms with Gasteiger partial charge >= 0.3 is 151 Å². The Morgan fingerprint density at radius 1 is 1.00 bits per heavy atom. The normalized spacial score (nSPS) is 11.5. The van der Waals surface area contributed by atoms with Crippen LogP contribution in [0.4, 0.5) is 5.69 Å².